The number of aromatic nitrogens is 2. The third-order valence-electron chi connectivity index (χ3n) is 2.58. The number of thioether (sulfide) groups is 1. The minimum Gasteiger partial charge on any atom is -0.356 e. The van der Waals surface area contributed by atoms with E-state index in [1.165, 1.54) is 12.2 Å². The normalized spacial score (nSPS) is 25.2. The van der Waals surface area contributed by atoms with Gasteiger partial charge in [0.2, 0.25) is 5.13 Å². The van der Waals surface area contributed by atoms with E-state index in [9.17, 15) is 0 Å². The Morgan fingerprint density at radius 1 is 1.44 bits per heavy atom. The SMILES string of the molecule is CC(C)Cc1nnc(NC2CSC(C)C2)s1. The van der Waals surface area contributed by atoms with Crippen LogP contribution in [-0.4, -0.2) is 27.2 Å². The summed E-state index contributed by atoms with van der Waals surface area (Å²) < 4.78 is 0. The van der Waals surface area contributed by atoms with Gasteiger partial charge in [-0.25, -0.2) is 0 Å². The first-order valence-corrected chi connectivity index (χ1v) is 7.70. The van der Waals surface area contributed by atoms with E-state index in [4.69, 9.17) is 0 Å². The number of rotatable bonds is 4. The fraction of sp³-hybridized carbons (Fsp3) is 0.818. The smallest absolute Gasteiger partial charge is 0.205 e. The summed E-state index contributed by atoms with van der Waals surface area (Å²) >= 11 is 3.74. The Bertz CT molecular complexity index is 338. The van der Waals surface area contributed by atoms with E-state index in [1.54, 1.807) is 11.3 Å². The lowest BCUT2D eigenvalue weighted by Crippen LogP contribution is -2.18. The number of nitrogens with one attached hydrogen (secondary N) is 1. The van der Waals surface area contributed by atoms with Gasteiger partial charge in [0.25, 0.3) is 0 Å². The number of nitrogens with zero attached hydrogens (tertiary/aromatic N) is 2. The van der Waals surface area contributed by atoms with Gasteiger partial charge in [-0.2, -0.15) is 11.8 Å². The Morgan fingerprint density at radius 3 is 2.88 bits per heavy atom. The number of hydrogen-bond donors (Lipinski definition) is 1. The topological polar surface area (TPSA) is 37.8 Å². The van der Waals surface area contributed by atoms with E-state index in [1.807, 2.05) is 11.8 Å². The van der Waals surface area contributed by atoms with Crippen LogP contribution in [0.1, 0.15) is 32.2 Å². The van der Waals surface area contributed by atoms with Crippen molar-refractivity contribution in [3.05, 3.63) is 5.01 Å². The lowest BCUT2D eigenvalue weighted by Gasteiger charge is -2.08. The Kier molecular flexibility index (Phi) is 4.08. The van der Waals surface area contributed by atoms with Crippen LogP contribution < -0.4 is 5.32 Å². The Morgan fingerprint density at radius 2 is 2.25 bits per heavy atom. The predicted molar refractivity (Wildman–Crippen MR) is 72.4 cm³/mol. The van der Waals surface area contributed by atoms with Gasteiger partial charge in [0, 0.05) is 23.5 Å². The monoisotopic (exact) mass is 257 g/mol. The molecule has 3 nitrogen and oxygen atoms in total. The molecule has 1 aliphatic heterocycles. The van der Waals surface area contributed by atoms with Gasteiger partial charge in [-0.05, 0) is 12.3 Å². The van der Waals surface area contributed by atoms with E-state index in [0.29, 0.717) is 12.0 Å². The van der Waals surface area contributed by atoms with Crippen LogP contribution in [0.2, 0.25) is 0 Å². The standard InChI is InChI=1S/C11H19N3S2/c1-7(2)4-10-13-14-11(16-10)12-9-5-8(3)15-6-9/h7-9H,4-6H2,1-3H3,(H,12,14). The fourth-order valence-corrected chi connectivity index (χ4v) is 4.01. The molecule has 0 bridgehead atoms. The minimum absolute atomic E-state index is 0.583. The minimum atomic E-state index is 0.583. The Labute approximate surface area is 105 Å². The Hall–Kier alpha value is -0.290. The predicted octanol–water partition coefficient (Wildman–Crippen LogP) is 3.04. The molecule has 0 aromatic carbocycles. The fourth-order valence-electron chi connectivity index (χ4n) is 1.84. The lowest BCUT2D eigenvalue weighted by molar-refractivity contribution is 0.639. The summed E-state index contributed by atoms with van der Waals surface area (Å²) in [6.45, 7) is 6.71. The summed E-state index contributed by atoms with van der Waals surface area (Å²) in [4.78, 5) is 0. The molecule has 2 heterocycles. The third-order valence-corrected chi connectivity index (χ3v) is 4.81. The molecule has 5 heteroatoms. The van der Waals surface area contributed by atoms with Crippen LogP contribution in [0.3, 0.4) is 0 Å². The molecule has 0 spiro atoms. The van der Waals surface area contributed by atoms with Crippen molar-refractivity contribution in [2.45, 2.75) is 44.9 Å². The van der Waals surface area contributed by atoms with E-state index in [-0.39, 0.29) is 0 Å². The quantitative estimate of drug-likeness (QED) is 0.899. The van der Waals surface area contributed by atoms with Gasteiger partial charge < -0.3 is 5.32 Å². The highest BCUT2D eigenvalue weighted by Gasteiger charge is 2.22. The molecular formula is C11H19N3S2. The summed E-state index contributed by atoms with van der Waals surface area (Å²) in [5, 5.41) is 14.8. The van der Waals surface area contributed by atoms with Gasteiger partial charge in [0.05, 0.1) is 0 Å². The highest BCUT2D eigenvalue weighted by atomic mass is 32.2. The van der Waals surface area contributed by atoms with Crippen LogP contribution in [-0.2, 0) is 6.42 Å². The molecule has 90 valence electrons. The molecular weight excluding hydrogens is 238 g/mol. The van der Waals surface area contributed by atoms with Crippen molar-refractivity contribution >= 4 is 28.2 Å². The van der Waals surface area contributed by atoms with Crippen LogP contribution in [0, 0.1) is 5.92 Å². The summed E-state index contributed by atoms with van der Waals surface area (Å²) in [6.07, 6.45) is 2.28. The molecule has 2 unspecified atom stereocenters. The molecule has 16 heavy (non-hydrogen) atoms. The van der Waals surface area contributed by atoms with Crippen molar-refractivity contribution in [2.24, 2.45) is 5.92 Å². The summed E-state index contributed by atoms with van der Waals surface area (Å²) in [7, 11) is 0. The molecule has 0 aliphatic carbocycles. The molecule has 2 rings (SSSR count). The second-order valence-electron chi connectivity index (χ2n) is 4.82. The van der Waals surface area contributed by atoms with Gasteiger partial charge in [0.15, 0.2) is 0 Å². The molecule has 1 aliphatic rings. The highest BCUT2D eigenvalue weighted by molar-refractivity contribution is 8.00. The van der Waals surface area contributed by atoms with E-state index in [0.717, 1.165) is 21.8 Å². The van der Waals surface area contributed by atoms with Gasteiger partial charge >= 0.3 is 0 Å². The van der Waals surface area contributed by atoms with Crippen LogP contribution >= 0.6 is 23.1 Å². The van der Waals surface area contributed by atoms with Crippen LogP contribution in [0.5, 0.6) is 0 Å². The van der Waals surface area contributed by atoms with Crippen LogP contribution in [0.25, 0.3) is 0 Å². The first-order valence-electron chi connectivity index (χ1n) is 5.84. The second-order valence-corrected chi connectivity index (χ2v) is 7.35. The summed E-state index contributed by atoms with van der Waals surface area (Å²) in [5.74, 6) is 1.85. The average Bonchev–Trinajstić information content (AvgIpc) is 2.76. The first kappa shape index (κ1) is 12.2. The zero-order chi connectivity index (χ0) is 11.5. The average molecular weight is 257 g/mol. The van der Waals surface area contributed by atoms with Crippen molar-refractivity contribution in [1.29, 1.82) is 0 Å². The molecule has 1 N–H and O–H groups in total. The van der Waals surface area contributed by atoms with Crippen LogP contribution in [0.15, 0.2) is 0 Å². The van der Waals surface area contributed by atoms with Crippen molar-refractivity contribution < 1.29 is 0 Å². The molecule has 1 saturated heterocycles. The largest absolute Gasteiger partial charge is 0.356 e. The number of hydrogen-bond acceptors (Lipinski definition) is 5. The van der Waals surface area contributed by atoms with Crippen molar-refractivity contribution in [3.63, 3.8) is 0 Å². The molecule has 0 radical (unpaired) electrons. The van der Waals surface area contributed by atoms with Crippen molar-refractivity contribution in [1.82, 2.24) is 10.2 Å². The van der Waals surface area contributed by atoms with Crippen molar-refractivity contribution in [2.75, 3.05) is 11.1 Å². The molecule has 1 fully saturated rings. The highest BCUT2D eigenvalue weighted by Crippen LogP contribution is 2.29. The Balaban J connectivity index is 1.87. The molecule has 0 amide bonds. The summed E-state index contributed by atoms with van der Waals surface area (Å²) in [6, 6.07) is 0.583. The van der Waals surface area contributed by atoms with Gasteiger partial charge in [-0.3, -0.25) is 0 Å². The van der Waals surface area contributed by atoms with Gasteiger partial charge in [-0.15, -0.1) is 10.2 Å². The van der Waals surface area contributed by atoms with E-state index >= 15 is 0 Å². The van der Waals surface area contributed by atoms with Crippen LogP contribution in [0.4, 0.5) is 5.13 Å². The van der Waals surface area contributed by atoms with E-state index < -0.39 is 0 Å². The first-order chi connectivity index (χ1) is 7.63. The zero-order valence-electron chi connectivity index (χ0n) is 10.1. The van der Waals surface area contributed by atoms with E-state index in [2.05, 4.69) is 36.3 Å². The third kappa shape index (κ3) is 3.35. The molecule has 1 aromatic heterocycles. The molecule has 1 aromatic rings. The zero-order valence-corrected chi connectivity index (χ0v) is 11.7. The summed E-state index contributed by atoms with van der Waals surface area (Å²) in [5.41, 5.74) is 0. The van der Waals surface area contributed by atoms with Gasteiger partial charge in [-0.1, -0.05) is 32.1 Å². The second kappa shape index (κ2) is 5.36. The maximum Gasteiger partial charge on any atom is 0.205 e. The molecule has 0 saturated carbocycles. The van der Waals surface area contributed by atoms with Crippen molar-refractivity contribution in [3.8, 4) is 0 Å². The molecule has 2 atom stereocenters. The van der Waals surface area contributed by atoms with Gasteiger partial charge in [0.1, 0.15) is 5.01 Å². The maximum atomic E-state index is 4.22. The lowest BCUT2D eigenvalue weighted by atomic mass is 10.1. The maximum absolute atomic E-state index is 4.22. The number of anilines is 1.